The zero-order valence-corrected chi connectivity index (χ0v) is 18.6. The summed E-state index contributed by atoms with van der Waals surface area (Å²) < 4.78 is 23.5. The minimum atomic E-state index is -0.386. The summed E-state index contributed by atoms with van der Waals surface area (Å²) in [5, 5.41) is 0. The van der Waals surface area contributed by atoms with Crippen molar-refractivity contribution < 1.29 is 23.7 Å². The Balaban J connectivity index is 1.78. The van der Waals surface area contributed by atoms with Crippen LogP contribution in [-0.4, -0.2) is 32.2 Å². The Hall–Kier alpha value is -2.69. The molecule has 2 aliphatic heterocycles. The van der Waals surface area contributed by atoms with E-state index >= 15 is 0 Å². The maximum atomic E-state index is 13.7. The van der Waals surface area contributed by atoms with Crippen molar-refractivity contribution >= 4 is 5.78 Å². The van der Waals surface area contributed by atoms with Gasteiger partial charge in [-0.05, 0) is 54.7 Å². The van der Waals surface area contributed by atoms with E-state index in [1.165, 1.54) is 0 Å². The first-order valence-electron chi connectivity index (χ1n) is 10.6. The van der Waals surface area contributed by atoms with E-state index in [1.54, 1.807) is 14.2 Å². The molecule has 0 bridgehead atoms. The van der Waals surface area contributed by atoms with Crippen LogP contribution in [0.2, 0.25) is 0 Å². The van der Waals surface area contributed by atoms with Gasteiger partial charge in [-0.2, -0.15) is 0 Å². The number of hydrogen-bond acceptors (Lipinski definition) is 5. The van der Waals surface area contributed by atoms with E-state index in [0.717, 1.165) is 35.3 Å². The lowest BCUT2D eigenvalue weighted by Gasteiger charge is -2.34. The number of hydrogen-bond donors (Lipinski definition) is 0. The monoisotopic (exact) mass is 410 g/mol. The molecule has 0 aromatic heterocycles. The Morgan fingerprint density at radius 1 is 1.10 bits per heavy atom. The molecule has 0 saturated heterocycles. The van der Waals surface area contributed by atoms with Gasteiger partial charge < -0.3 is 18.9 Å². The van der Waals surface area contributed by atoms with Crippen LogP contribution in [0.15, 0.2) is 24.3 Å². The van der Waals surface area contributed by atoms with Crippen molar-refractivity contribution in [1.82, 2.24) is 0 Å². The molecule has 0 radical (unpaired) electrons. The van der Waals surface area contributed by atoms with Gasteiger partial charge in [-0.15, -0.1) is 0 Å². The van der Waals surface area contributed by atoms with Crippen molar-refractivity contribution in [3.05, 3.63) is 46.5 Å². The highest BCUT2D eigenvalue weighted by molar-refractivity contribution is 6.05. The minimum Gasteiger partial charge on any atom is -0.493 e. The van der Waals surface area contributed by atoms with Crippen LogP contribution in [0.3, 0.4) is 0 Å². The van der Waals surface area contributed by atoms with E-state index in [1.807, 2.05) is 31.2 Å². The number of fused-ring (bicyclic) bond motifs is 3. The zero-order valence-electron chi connectivity index (χ0n) is 18.6. The Bertz CT molecular complexity index is 978. The van der Waals surface area contributed by atoms with Crippen LogP contribution in [0.1, 0.15) is 60.2 Å². The third-order valence-electron chi connectivity index (χ3n) is 6.34. The highest BCUT2D eigenvalue weighted by atomic mass is 16.5. The van der Waals surface area contributed by atoms with Crippen molar-refractivity contribution in [2.75, 3.05) is 14.2 Å². The molecule has 4 rings (SSSR count). The number of aryl methyl sites for hydroxylation is 1. The lowest BCUT2D eigenvalue weighted by atomic mass is 9.80. The number of benzene rings is 2. The van der Waals surface area contributed by atoms with Crippen LogP contribution in [0, 0.1) is 12.8 Å². The molecule has 0 aliphatic carbocycles. The molecule has 0 fully saturated rings. The summed E-state index contributed by atoms with van der Waals surface area (Å²) >= 11 is 0. The van der Waals surface area contributed by atoms with Gasteiger partial charge >= 0.3 is 0 Å². The quantitative estimate of drug-likeness (QED) is 0.686. The number of carbonyl (C=O) groups is 1. The molecule has 5 nitrogen and oxygen atoms in total. The molecule has 3 atom stereocenters. The van der Waals surface area contributed by atoms with Gasteiger partial charge in [0.25, 0.3) is 0 Å². The average molecular weight is 411 g/mol. The Morgan fingerprint density at radius 2 is 1.80 bits per heavy atom. The second-order valence-electron chi connectivity index (χ2n) is 8.49. The van der Waals surface area contributed by atoms with Crippen LogP contribution in [0.5, 0.6) is 23.0 Å². The first kappa shape index (κ1) is 20.6. The van der Waals surface area contributed by atoms with Gasteiger partial charge in [-0.1, -0.05) is 20.8 Å². The molecule has 2 heterocycles. The van der Waals surface area contributed by atoms with Crippen molar-refractivity contribution in [2.45, 2.75) is 58.7 Å². The summed E-state index contributed by atoms with van der Waals surface area (Å²) in [6, 6.07) is 7.61. The standard InChI is InChI=1S/C25H30O5/c1-7-18-23(16-11-22(28-6)21(27-5)10-14(16)4)24(26)15-8-9-19-17(25(15)30-18)12-20(29-19)13(2)3/h8-11,13,18,20,23H,7,12H2,1-6H3/t18-,20?,23+/m1/s1. The summed E-state index contributed by atoms with van der Waals surface area (Å²) in [4.78, 5) is 13.7. The minimum absolute atomic E-state index is 0.0919. The number of carbonyl (C=O) groups excluding carboxylic acids is 1. The maximum absolute atomic E-state index is 13.7. The molecule has 2 aromatic rings. The van der Waals surface area contributed by atoms with E-state index in [0.29, 0.717) is 28.7 Å². The van der Waals surface area contributed by atoms with Crippen LogP contribution in [0.4, 0.5) is 0 Å². The van der Waals surface area contributed by atoms with Crippen LogP contribution in [0.25, 0.3) is 0 Å². The molecule has 2 aromatic carbocycles. The summed E-state index contributed by atoms with van der Waals surface area (Å²) in [6.07, 6.45) is 1.38. The molecule has 5 heteroatoms. The SMILES string of the molecule is CC[C@H]1Oc2c(ccc3c2CC(C(C)C)O3)C(=O)[C@H]1c1cc(OC)c(OC)cc1C. The Kier molecular flexibility index (Phi) is 5.39. The fourth-order valence-corrected chi connectivity index (χ4v) is 4.57. The first-order chi connectivity index (χ1) is 14.4. The summed E-state index contributed by atoms with van der Waals surface area (Å²) in [5.41, 5.74) is 3.58. The summed E-state index contributed by atoms with van der Waals surface area (Å²) in [5.74, 6) is 2.94. The molecule has 1 unspecified atom stereocenters. The smallest absolute Gasteiger partial charge is 0.177 e. The largest absolute Gasteiger partial charge is 0.493 e. The van der Waals surface area contributed by atoms with Gasteiger partial charge in [0.1, 0.15) is 23.7 Å². The number of rotatable bonds is 5. The molecular formula is C25H30O5. The van der Waals surface area contributed by atoms with Crippen molar-refractivity contribution in [2.24, 2.45) is 5.92 Å². The second-order valence-corrected chi connectivity index (χ2v) is 8.49. The molecule has 0 N–H and O–H groups in total. The van der Waals surface area contributed by atoms with Crippen molar-refractivity contribution in [1.29, 1.82) is 0 Å². The average Bonchev–Trinajstić information content (AvgIpc) is 3.19. The third-order valence-corrected chi connectivity index (χ3v) is 6.34. The first-order valence-corrected chi connectivity index (χ1v) is 10.6. The molecule has 160 valence electrons. The van der Waals surface area contributed by atoms with Crippen LogP contribution >= 0.6 is 0 Å². The molecule has 0 saturated carbocycles. The normalized spacial score (nSPS) is 22.2. The van der Waals surface area contributed by atoms with Crippen LogP contribution < -0.4 is 18.9 Å². The lowest BCUT2D eigenvalue weighted by Crippen LogP contribution is -2.36. The topological polar surface area (TPSA) is 54.0 Å². The van der Waals surface area contributed by atoms with E-state index in [4.69, 9.17) is 18.9 Å². The Morgan fingerprint density at radius 3 is 2.43 bits per heavy atom. The number of Topliss-reactive ketones (excluding diaryl/α,β-unsaturated/α-hetero) is 1. The van der Waals surface area contributed by atoms with Gasteiger partial charge in [-0.3, -0.25) is 4.79 Å². The fourth-order valence-electron chi connectivity index (χ4n) is 4.57. The Labute approximate surface area is 178 Å². The molecule has 2 aliphatic rings. The maximum Gasteiger partial charge on any atom is 0.177 e. The van der Waals surface area contributed by atoms with E-state index in [9.17, 15) is 4.79 Å². The molecule has 30 heavy (non-hydrogen) atoms. The second kappa shape index (κ2) is 7.86. The van der Waals surface area contributed by atoms with Gasteiger partial charge in [0.15, 0.2) is 17.3 Å². The summed E-state index contributed by atoms with van der Waals surface area (Å²) in [7, 11) is 3.22. The summed E-state index contributed by atoms with van der Waals surface area (Å²) in [6.45, 7) is 8.36. The van der Waals surface area contributed by atoms with E-state index in [2.05, 4.69) is 20.8 Å². The lowest BCUT2D eigenvalue weighted by molar-refractivity contribution is 0.0772. The predicted octanol–water partition coefficient (Wildman–Crippen LogP) is 5.11. The molecule has 0 amide bonds. The van der Waals surface area contributed by atoms with E-state index < -0.39 is 0 Å². The van der Waals surface area contributed by atoms with Crippen molar-refractivity contribution in [3.8, 4) is 23.0 Å². The van der Waals surface area contributed by atoms with Gasteiger partial charge in [-0.25, -0.2) is 0 Å². The van der Waals surface area contributed by atoms with Crippen LogP contribution in [-0.2, 0) is 6.42 Å². The highest BCUT2D eigenvalue weighted by Gasteiger charge is 2.42. The fraction of sp³-hybridized carbons (Fsp3) is 0.480. The number of ether oxygens (including phenoxy) is 4. The predicted molar refractivity (Wildman–Crippen MR) is 115 cm³/mol. The van der Waals surface area contributed by atoms with Gasteiger partial charge in [0.05, 0.1) is 25.7 Å². The third kappa shape index (κ3) is 3.21. The molecule has 0 spiro atoms. The van der Waals surface area contributed by atoms with Gasteiger partial charge in [0, 0.05) is 12.0 Å². The zero-order chi connectivity index (χ0) is 21.6. The highest BCUT2D eigenvalue weighted by Crippen LogP contribution is 2.47. The van der Waals surface area contributed by atoms with Gasteiger partial charge in [0.2, 0.25) is 0 Å². The number of methoxy groups -OCH3 is 2. The van der Waals surface area contributed by atoms with Crippen molar-refractivity contribution in [3.63, 3.8) is 0 Å². The number of ketones is 1. The van der Waals surface area contributed by atoms with E-state index in [-0.39, 0.29) is 23.9 Å². The molecular weight excluding hydrogens is 380 g/mol.